The van der Waals surface area contributed by atoms with Crippen molar-refractivity contribution in [3.63, 3.8) is 0 Å². The first-order valence-electron chi connectivity index (χ1n) is 7.34. The first-order chi connectivity index (χ1) is 8.83. The maximum Gasteiger partial charge on any atom is 0.0144 e. The van der Waals surface area contributed by atoms with Gasteiger partial charge < -0.3 is 5.32 Å². The topological polar surface area (TPSA) is 12.0 Å². The van der Waals surface area contributed by atoms with Crippen LogP contribution < -0.4 is 5.32 Å². The van der Waals surface area contributed by atoms with Gasteiger partial charge in [0.05, 0.1) is 0 Å². The monoisotopic (exact) mass is 245 g/mol. The van der Waals surface area contributed by atoms with E-state index in [-0.39, 0.29) is 0 Å². The number of hydrogen-bond acceptors (Lipinski definition) is 1. The van der Waals surface area contributed by atoms with Gasteiger partial charge in [0.25, 0.3) is 0 Å². The van der Waals surface area contributed by atoms with Crippen LogP contribution in [0.2, 0.25) is 0 Å². The van der Waals surface area contributed by atoms with Crippen LogP contribution in [0.3, 0.4) is 0 Å². The molecule has 0 unspecified atom stereocenters. The molecule has 0 bridgehead atoms. The smallest absolute Gasteiger partial charge is 0.0144 e. The van der Waals surface area contributed by atoms with Gasteiger partial charge in [-0.05, 0) is 30.4 Å². The Hall–Kier alpha value is -1.24. The molecule has 1 heteroatoms. The lowest BCUT2D eigenvalue weighted by Gasteiger charge is -2.15. The quantitative estimate of drug-likeness (QED) is 0.636. The van der Waals surface area contributed by atoms with Gasteiger partial charge in [0.1, 0.15) is 0 Å². The molecule has 1 rings (SSSR count). The predicted molar refractivity (Wildman–Crippen MR) is 81.5 cm³/mol. The van der Waals surface area contributed by atoms with E-state index < -0.39 is 0 Å². The summed E-state index contributed by atoms with van der Waals surface area (Å²) in [7, 11) is 0. The third kappa shape index (κ3) is 4.56. The summed E-state index contributed by atoms with van der Waals surface area (Å²) in [5, 5.41) is 3.63. The summed E-state index contributed by atoms with van der Waals surface area (Å²) in [6.07, 6.45) is 6.05. The highest BCUT2D eigenvalue weighted by Gasteiger charge is 2.05. The molecule has 0 fully saturated rings. The second kappa shape index (κ2) is 8.79. The second-order valence-corrected chi connectivity index (χ2v) is 4.66. The molecule has 1 N–H and O–H groups in total. The van der Waals surface area contributed by atoms with Crippen LogP contribution in [-0.4, -0.2) is 6.54 Å². The molecule has 0 amide bonds. The third-order valence-electron chi connectivity index (χ3n) is 3.31. The Morgan fingerprint density at radius 2 is 1.67 bits per heavy atom. The molecule has 0 saturated heterocycles. The molecule has 1 nitrogen and oxygen atoms in total. The van der Waals surface area contributed by atoms with Gasteiger partial charge in [-0.1, -0.05) is 63.9 Å². The van der Waals surface area contributed by atoms with E-state index >= 15 is 0 Å². The predicted octanol–water partition coefficient (Wildman–Crippen LogP) is 5.00. The molecular weight excluding hydrogens is 218 g/mol. The minimum absolute atomic E-state index is 1.09. The minimum atomic E-state index is 1.09. The van der Waals surface area contributed by atoms with E-state index in [2.05, 4.69) is 56.4 Å². The number of hydrogen-bond donors (Lipinski definition) is 1. The Morgan fingerprint density at radius 3 is 2.22 bits per heavy atom. The number of unbranched alkanes of at least 4 members (excludes halogenated alkanes) is 2. The van der Waals surface area contributed by atoms with Gasteiger partial charge in [-0.2, -0.15) is 0 Å². The molecule has 1 aromatic carbocycles. The summed E-state index contributed by atoms with van der Waals surface area (Å²) in [5.74, 6) is 0. The normalized spacial score (nSPS) is 12.2. The van der Waals surface area contributed by atoms with E-state index in [9.17, 15) is 0 Å². The Morgan fingerprint density at radius 1 is 0.944 bits per heavy atom. The van der Waals surface area contributed by atoms with E-state index in [1.165, 1.54) is 36.1 Å². The first kappa shape index (κ1) is 14.8. The van der Waals surface area contributed by atoms with Crippen molar-refractivity contribution in [2.45, 2.75) is 52.9 Å². The Labute approximate surface area is 112 Å². The average Bonchev–Trinajstić information content (AvgIpc) is 2.43. The zero-order chi connectivity index (χ0) is 13.2. The molecular formula is C17H27N. The van der Waals surface area contributed by atoms with Gasteiger partial charge in [-0.15, -0.1) is 0 Å². The lowest BCUT2D eigenvalue weighted by Crippen LogP contribution is -2.16. The van der Waals surface area contributed by atoms with Crippen molar-refractivity contribution in [1.82, 2.24) is 5.32 Å². The zero-order valence-corrected chi connectivity index (χ0v) is 12.1. The molecule has 0 spiro atoms. The van der Waals surface area contributed by atoms with Gasteiger partial charge in [0.2, 0.25) is 0 Å². The van der Waals surface area contributed by atoms with Crippen LogP contribution in [0, 0.1) is 0 Å². The Balaban J connectivity index is 2.75. The van der Waals surface area contributed by atoms with Crippen LogP contribution in [-0.2, 0) is 0 Å². The Bertz CT molecular complexity index is 351. The van der Waals surface area contributed by atoms with Crippen molar-refractivity contribution in [2.75, 3.05) is 6.54 Å². The van der Waals surface area contributed by atoms with Crippen LogP contribution >= 0.6 is 0 Å². The molecule has 0 radical (unpaired) electrons. The summed E-state index contributed by atoms with van der Waals surface area (Å²) in [6.45, 7) is 7.83. The summed E-state index contributed by atoms with van der Waals surface area (Å²) >= 11 is 0. The van der Waals surface area contributed by atoms with Gasteiger partial charge in [0.15, 0.2) is 0 Å². The van der Waals surface area contributed by atoms with Gasteiger partial charge in [-0.3, -0.25) is 0 Å². The third-order valence-corrected chi connectivity index (χ3v) is 3.31. The molecule has 0 saturated carbocycles. The van der Waals surface area contributed by atoms with Crippen LogP contribution in [0.25, 0.3) is 5.57 Å². The molecule has 18 heavy (non-hydrogen) atoms. The largest absolute Gasteiger partial charge is 0.388 e. The fraction of sp³-hybridized carbons (Fsp3) is 0.529. The van der Waals surface area contributed by atoms with Crippen molar-refractivity contribution < 1.29 is 0 Å². The van der Waals surface area contributed by atoms with E-state index in [4.69, 9.17) is 0 Å². The molecule has 0 atom stereocenters. The fourth-order valence-corrected chi connectivity index (χ4v) is 2.29. The summed E-state index contributed by atoms with van der Waals surface area (Å²) in [4.78, 5) is 0. The molecule has 0 aromatic heterocycles. The van der Waals surface area contributed by atoms with Crippen molar-refractivity contribution in [1.29, 1.82) is 0 Å². The summed E-state index contributed by atoms with van der Waals surface area (Å²) < 4.78 is 0. The van der Waals surface area contributed by atoms with Crippen molar-refractivity contribution in [3.05, 3.63) is 41.6 Å². The lowest BCUT2D eigenvalue weighted by atomic mass is 10.00. The standard InChI is InChI=1S/C17H27N/c1-4-7-11-14-18-17(6-3)16(5-2)15-12-9-8-10-13-15/h8-10,12-13,18H,4-7,11,14H2,1-3H3. The molecule has 0 aliphatic carbocycles. The zero-order valence-electron chi connectivity index (χ0n) is 12.1. The van der Waals surface area contributed by atoms with Crippen LogP contribution in [0.1, 0.15) is 58.4 Å². The van der Waals surface area contributed by atoms with Crippen LogP contribution in [0.5, 0.6) is 0 Å². The number of nitrogens with one attached hydrogen (secondary N) is 1. The maximum absolute atomic E-state index is 3.63. The van der Waals surface area contributed by atoms with Crippen LogP contribution in [0.15, 0.2) is 36.0 Å². The molecule has 100 valence electrons. The number of allylic oxidation sites excluding steroid dienone is 2. The average molecular weight is 245 g/mol. The van der Waals surface area contributed by atoms with Gasteiger partial charge >= 0.3 is 0 Å². The molecule has 0 aliphatic heterocycles. The maximum atomic E-state index is 3.63. The first-order valence-corrected chi connectivity index (χ1v) is 7.34. The SMILES string of the molecule is CCCCCNC(CC)=C(CC)c1ccccc1. The lowest BCUT2D eigenvalue weighted by molar-refractivity contribution is 0.657. The van der Waals surface area contributed by atoms with Gasteiger partial charge in [0, 0.05) is 12.2 Å². The van der Waals surface area contributed by atoms with E-state index in [1.807, 2.05) is 0 Å². The summed E-state index contributed by atoms with van der Waals surface area (Å²) in [5.41, 5.74) is 4.24. The molecule has 0 heterocycles. The highest BCUT2D eigenvalue weighted by atomic mass is 14.9. The summed E-state index contributed by atoms with van der Waals surface area (Å²) in [6, 6.07) is 10.7. The minimum Gasteiger partial charge on any atom is -0.388 e. The van der Waals surface area contributed by atoms with Crippen LogP contribution in [0.4, 0.5) is 0 Å². The second-order valence-electron chi connectivity index (χ2n) is 4.66. The highest BCUT2D eigenvalue weighted by molar-refractivity contribution is 5.68. The van der Waals surface area contributed by atoms with Crippen molar-refractivity contribution in [2.24, 2.45) is 0 Å². The van der Waals surface area contributed by atoms with Gasteiger partial charge in [-0.25, -0.2) is 0 Å². The van der Waals surface area contributed by atoms with E-state index in [0.717, 1.165) is 19.4 Å². The molecule has 1 aromatic rings. The number of benzene rings is 1. The molecule has 0 aliphatic rings. The fourth-order valence-electron chi connectivity index (χ4n) is 2.29. The van der Waals surface area contributed by atoms with E-state index in [0.29, 0.717) is 0 Å². The Kier molecular flexibility index (Phi) is 7.24. The van der Waals surface area contributed by atoms with E-state index in [1.54, 1.807) is 0 Å². The van der Waals surface area contributed by atoms with Crippen molar-refractivity contribution in [3.8, 4) is 0 Å². The van der Waals surface area contributed by atoms with Crippen molar-refractivity contribution >= 4 is 5.57 Å². The number of rotatable bonds is 8. The highest BCUT2D eigenvalue weighted by Crippen LogP contribution is 2.22.